The summed E-state index contributed by atoms with van der Waals surface area (Å²) < 4.78 is 54.5. The molecule has 0 bridgehead atoms. The molecule has 0 fully saturated rings. The van der Waals surface area contributed by atoms with Gasteiger partial charge in [0.15, 0.2) is 0 Å². The number of hydrogen-bond acceptors (Lipinski definition) is 4. The van der Waals surface area contributed by atoms with Gasteiger partial charge in [-0.3, -0.25) is 9.11 Å². The van der Waals surface area contributed by atoms with E-state index >= 15 is 0 Å². The molecule has 0 aromatic heterocycles. The summed E-state index contributed by atoms with van der Waals surface area (Å²) in [5.41, 5.74) is 0. The third-order valence-electron chi connectivity index (χ3n) is 0.727. The lowest BCUT2D eigenvalue weighted by Crippen LogP contribution is -2.17. The third-order valence-corrected chi connectivity index (χ3v) is 3.44. The molecule has 10 heavy (non-hydrogen) atoms. The fourth-order valence-corrected chi connectivity index (χ4v) is 1.20. The van der Waals surface area contributed by atoms with E-state index in [-0.39, 0.29) is 0 Å². The van der Waals surface area contributed by atoms with Crippen molar-refractivity contribution in [1.82, 2.24) is 0 Å². The van der Waals surface area contributed by atoms with Crippen molar-refractivity contribution in [2.24, 2.45) is 0 Å². The van der Waals surface area contributed by atoms with E-state index < -0.39 is 24.8 Å². The maximum atomic E-state index is 9.96. The molecule has 0 unspecified atom stereocenters. The molecule has 0 spiro atoms. The maximum Gasteiger partial charge on any atom is 0.290 e. The van der Waals surface area contributed by atoms with Crippen LogP contribution < -0.4 is 0 Å². The Balaban J connectivity index is 4.94. The van der Waals surface area contributed by atoms with Gasteiger partial charge in [0.25, 0.3) is 24.8 Å². The van der Waals surface area contributed by atoms with Gasteiger partial charge < -0.3 is 0 Å². The van der Waals surface area contributed by atoms with Gasteiger partial charge in [0, 0.05) is 0 Å². The molecule has 0 aliphatic heterocycles. The summed E-state index contributed by atoms with van der Waals surface area (Å²) in [4.78, 5) is 0. The zero-order valence-corrected chi connectivity index (χ0v) is 6.48. The van der Waals surface area contributed by atoms with Crippen molar-refractivity contribution in [1.29, 1.82) is 0 Å². The quantitative estimate of drug-likeness (QED) is 0.554. The average Bonchev–Trinajstić information content (AvgIpc) is 1.59. The topological polar surface area (TPSA) is 109 Å². The molecule has 0 heterocycles. The summed E-state index contributed by atoms with van der Waals surface area (Å²) >= 11 is 0. The van der Waals surface area contributed by atoms with Crippen molar-refractivity contribution in [3.63, 3.8) is 0 Å². The van der Waals surface area contributed by atoms with Crippen molar-refractivity contribution in [2.45, 2.75) is 6.92 Å². The van der Waals surface area contributed by atoms with Crippen LogP contribution in [0.2, 0.25) is 0 Å². The van der Waals surface area contributed by atoms with Gasteiger partial charge in [0.05, 0.1) is 0 Å². The Bertz CT molecular complexity index is 263. The predicted molar refractivity (Wildman–Crippen MR) is 32.0 cm³/mol. The summed E-state index contributed by atoms with van der Waals surface area (Å²) in [6.07, 6.45) is 0. The predicted octanol–water partition coefficient (Wildman–Crippen LogP) is -0.729. The van der Waals surface area contributed by atoms with Crippen molar-refractivity contribution in [3.8, 4) is 0 Å². The van der Waals surface area contributed by atoms with E-state index in [1.165, 1.54) is 0 Å². The first-order valence-electron chi connectivity index (χ1n) is 1.94. The lowest BCUT2D eigenvalue weighted by molar-refractivity contribution is 0.471. The Morgan fingerprint density at radius 1 is 1.00 bits per heavy atom. The van der Waals surface area contributed by atoms with Crippen molar-refractivity contribution >= 4 is 20.2 Å². The Morgan fingerprint density at radius 3 is 1.20 bits per heavy atom. The van der Waals surface area contributed by atoms with Crippen molar-refractivity contribution in [3.05, 3.63) is 4.58 Å². The molecule has 0 aliphatic rings. The molecular weight excluding hydrogens is 184 g/mol. The van der Waals surface area contributed by atoms with Gasteiger partial charge in [-0.2, -0.15) is 16.8 Å². The normalized spacial score (nSPS) is 14.0. The second-order valence-electron chi connectivity index (χ2n) is 1.44. The second-order valence-corrected chi connectivity index (χ2v) is 4.83. The van der Waals surface area contributed by atoms with Gasteiger partial charge in [-0.1, -0.05) is 0 Å². The molecule has 8 heteroatoms. The summed E-state index contributed by atoms with van der Waals surface area (Å²) in [6.45, 7) is 0.574. The molecule has 2 N–H and O–H groups in total. The van der Waals surface area contributed by atoms with E-state index in [0.29, 0.717) is 6.92 Å². The van der Waals surface area contributed by atoms with E-state index in [9.17, 15) is 16.8 Å². The number of hydrogen-bond donors (Lipinski definition) is 2. The minimum Gasteiger partial charge on any atom is -0.284 e. The largest absolute Gasteiger partial charge is 0.290 e. The monoisotopic (exact) mass is 189 g/mol. The lowest BCUT2D eigenvalue weighted by atomic mass is 11.0. The van der Waals surface area contributed by atoms with Gasteiger partial charge in [-0.05, 0) is 6.92 Å². The van der Waals surface area contributed by atoms with Gasteiger partial charge in [-0.25, -0.2) is 0 Å². The van der Waals surface area contributed by atoms with Crippen LogP contribution in [0, 0.1) is 4.58 Å². The first-order valence-corrected chi connectivity index (χ1v) is 4.82. The fourth-order valence-electron chi connectivity index (χ4n) is 0.133. The molecule has 0 saturated heterocycles. The van der Waals surface area contributed by atoms with Crippen LogP contribution >= 0.6 is 0 Å². The highest BCUT2D eigenvalue weighted by Gasteiger charge is 2.31. The van der Waals surface area contributed by atoms with Gasteiger partial charge in [0.1, 0.15) is 0 Å². The van der Waals surface area contributed by atoms with E-state index in [4.69, 9.17) is 9.11 Å². The van der Waals surface area contributed by atoms with Crippen LogP contribution in [0.25, 0.3) is 0 Å². The Labute approximate surface area is 58.4 Å². The molecule has 0 amide bonds. The Hall–Kier alpha value is -0.180. The minimum atomic E-state index is -4.78. The first kappa shape index (κ1) is 9.82. The molecule has 0 rings (SSSR count). The Kier molecular flexibility index (Phi) is 2.41. The van der Waals surface area contributed by atoms with Gasteiger partial charge >= 0.3 is 0 Å². The third kappa shape index (κ3) is 2.60. The van der Waals surface area contributed by atoms with Gasteiger partial charge in [0.2, 0.25) is 0 Å². The SMILES string of the molecule is C[C](S(=O)(=O)O)S(=O)(=O)O. The average molecular weight is 189 g/mol. The standard InChI is InChI=1S/C2H5O6S2/c1-2(9(3,4)5)10(6,7)8/h1H3,(H,3,4,5)(H,6,7,8). The molecule has 0 atom stereocenters. The molecule has 0 saturated carbocycles. The smallest absolute Gasteiger partial charge is 0.284 e. The summed E-state index contributed by atoms with van der Waals surface area (Å²) in [7, 11) is -9.56. The van der Waals surface area contributed by atoms with Crippen LogP contribution in [-0.2, 0) is 20.2 Å². The number of rotatable bonds is 2. The molecular formula is C2H5O6S2. The van der Waals surface area contributed by atoms with Crippen LogP contribution in [0.1, 0.15) is 6.92 Å². The van der Waals surface area contributed by atoms with E-state index in [1.807, 2.05) is 0 Å². The summed E-state index contributed by atoms with van der Waals surface area (Å²) in [5, 5.41) is 0. The van der Waals surface area contributed by atoms with E-state index in [1.54, 1.807) is 0 Å². The Morgan fingerprint density at radius 2 is 1.20 bits per heavy atom. The second kappa shape index (κ2) is 2.46. The zero-order valence-electron chi connectivity index (χ0n) is 4.84. The first-order chi connectivity index (χ1) is 4.15. The highest BCUT2D eigenvalue weighted by Crippen LogP contribution is 2.13. The summed E-state index contributed by atoms with van der Waals surface area (Å²) in [6, 6.07) is 0. The molecule has 61 valence electrons. The van der Waals surface area contributed by atoms with E-state index in [2.05, 4.69) is 0 Å². The molecule has 1 radical (unpaired) electrons. The maximum absolute atomic E-state index is 9.96. The van der Waals surface area contributed by atoms with E-state index in [0.717, 1.165) is 0 Å². The highest BCUT2D eigenvalue weighted by atomic mass is 32.3. The molecule has 0 aliphatic carbocycles. The minimum absolute atomic E-state index is 0.574. The van der Waals surface area contributed by atoms with Crippen LogP contribution in [0.5, 0.6) is 0 Å². The van der Waals surface area contributed by atoms with Crippen molar-refractivity contribution in [2.75, 3.05) is 0 Å². The molecule has 0 aromatic rings. The molecule has 6 nitrogen and oxygen atoms in total. The fraction of sp³-hybridized carbons (Fsp3) is 0.500. The van der Waals surface area contributed by atoms with Crippen LogP contribution in [0.4, 0.5) is 0 Å². The van der Waals surface area contributed by atoms with Crippen LogP contribution in [0.3, 0.4) is 0 Å². The highest BCUT2D eigenvalue weighted by molar-refractivity contribution is 8.07. The van der Waals surface area contributed by atoms with Gasteiger partial charge in [-0.15, -0.1) is 0 Å². The zero-order chi connectivity index (χ0) is 8.58. The molecule has 0 aromatic carbocycles. The van der Waals surface area contributed by atoms with Crippen LogP contribution in [-0.4, -0.2) is 25.9 Å². The lowest BCUT2D eigenvalue weighted by Gasteiger charge is -1.99. The van der Waals surface area contributed by atoms with Crippen LogP contribution in [0.15, 0.2) is 0 Å². The van der Waals surface area contributed by atoms with Crippen molar-refractivity contribution < 1.29 is 25.9 Å². The summed E-state index contributed by atoms with van der Waals surface area (Å²) in [5.74, 6) is 0.